The molecule has 0 aromatic heterocycles. The lowest BCUT2D eigenvalue weighted by Crippen LogP contribution is -2.37. The van der Waals surface area contributed by atoms with E-state index in [1.54, 1.807) is 0 Å². The van der Waals surface area contributed by atoms with Gasteiger partial charge in [-0.3, -0.25) is 24.1 Å². The molecule has 1 fully saturated rings. The topological polar surface area (TPSA) is 112 Å². The quantitative estimate of drug-likeness (QED) is 0.562. The number of imide groups is 1. The molecule has 0 radical (unpaired) electrons. The predicted molar refractivity (Wildman–Crippen MR) is 84.8 cm³/mol. The molecule has 1 aliphatic heterocycles. The van der Waals surface area contributed by atoms with E-state index in [2.05, 4.69) is 0 Å². The van der Waals surface area contributed by atoms with Gasteiger partial charge in [-0.2, -0.15) is 0 Å². The molecule has 0 spiro atoms. The number of nitrogens with zero attached hydrogens (tertiary/aromatic N) is 1. The Hall–Kier alpha value is -1.25. The van der Waals surface area contributed by atoms with Gasteiger partial charge in [-0.05, 0) is 20.8 Å². The van der Waals surface area contributed by atoms with E-state index in [4.69, 9.17) is 5.11 Å². The number of hydrogen-bond acceptors (Lipinski definition) is 7. The molecule has 2 atom stereocenters. The van der Waals surface area contributed by atoms with Crippen LogP contribution in [0.2, 0.25) is 0 Å². The zero-order chi connectivity index (χ0) is 17.8. The molecule has 2 N–H and O–H groups in total. The zero-order valence-electron chi connectivity index (χ0n) is 13.6. The van der Waals surface area contributed by atoms with Gasteiger partial charge in [0.1, 0.15) is 11.7 Å². The summed E-state index contributed by atoms with van der Waals surface area (Å²) in [6.45, 7) is 4.07. The maximum atomic E-state index is 12.2. The molecule has 130 valence electrons. The second kappa shape index (κ2) is 8.03. The number of ketones is 2. The number of carbonyl (C=O) groups is 4. The minimum absolute atomic E-state index is 0.0375. The Bertz CT molecular complexity index is 497. The summed E-state index contributed by atoms with van der Waals surface area (Å²) in [6.07, 6.45) is -0.930. The largest absolute Gasteiger partial charge is 0.386 e. The van der Waals surface area contributed by atoms with Gasteiger partial charge in [0.25, 0.3) is 0 Å². The van der Waals surface area contributed by atoms with Gasteiger partial charge in [0, 0.05) is 31.6 Å². The van der Waals surface area contributed by atoms with Gasteiger partial charge < -0.3 is 10.2 Å². The summed E-state index contributed by atoms with van der Waals surface area (Å²) < 4.78 is 0. The highest BCUT2D eigenvalue weighted by Crippen LogP contribution is 2.26. The fourth-order valence-electron chi connectivity index (χ4n) is 2.05. The zero-order valence-corrected chi connectivity index (χ0v) is 14.4. The Labute approximate surface area is 139 Å². The van der Waals surface area contributed by atoms with Crippen LogP contribution >= 0.6 is 11.8 Å². The van der Waals surface area contributed by atoms with Gasteiger partial charge in [-0.1, -0.05) is 0 Å². The van der Waals surface area contributed by atoms with E-state index in [1.165, 1.54) is 32.5 Å². The first-order valence-electron chi connectivity index (χ1n) is 7.46. The molecule has 8 heteroatoms. The van der Waals surface area contributed by atoms with Gasteiger partial charge in [-0.15, -0.1) is 11.8 Å². The Morgan fingerprint density at radius 2 is 1.96 bits per heavy atom. The van der Waals surface area contributed by atoms with Crippen molar-refractivity contribution in [1.82, 2.24) is 4.90 Å². The Kier molecular flexibility index (Phi) is 6.91. The van der Waals surface area contributed by atoms with Crippen LogP contribution in [0.4, 0.5) is 0 Å². The van der Waals surface area contributed by atoms with Crippen molar-refractivity contribution >= 4 is 35.1 Å². The molecule has 0 aliphatic carbocycles. The number of Topliss-reactive ketones (excluding diaryl/α,β-unsaturated/α-hetero) is 2. The Morgan fingerprint density at radius 3 is 2.48 bits per heavy atom. The molecule has 0 aromatic carbocycles. The van der Waals surface area contributed by atoms with Gasteiger partial charge in [0.15, 0.2) is 11.6 Å². The second-order valence-corrected chi connectivity index (χ2v) is 7.38. The van der Waals surface area contributed by atoms with E-state index in [1.807, 2.05) is 0 Å². The first kappa shape index (κ1) is 19.8. The third kappa shape index (κ3) is 5.71. The monoisotopic (exact) mass is 345 g/mol. The molecule has 1 saturated heterocycles. The lowest BCUT2D eigenvalue weighted by Gasteiger charge is -2.18. The standard InChI is InChI=1S/C15H23NO6S/c1-9(17)10(18)5-7-23-11-8-13(20)16(14(11)21)6-4-12(19)15(2,3)22/h9,11,17,22H,4-8H2,1-3H3/t9-,11?/m0/s1. The van der Waals surface area contributed by atoms with Crippen molar-refractivity contribution in [3.8, 4) is 0 Å². The number of likely N-dealkylation sites (tertiary alicyclic amines) is 1. The highest BCUT2D eigenvalue weighted by atomic mass is 32.2. The van der Waals surface area contributed by atoms with Crippen molar-refractivity contribution in [2.24, 2.45) is 0 Å². The van der Waals surface area contributed by atoms with Gasteiger partial charge in [0.05, 0.1) is 5.25 Å². The second-order valence-electron chi connectivity index (χ2n) is 6.07. The summed E-state index contributed by atoms with van der Waals surface area (Å²) in [4.78, 5) is 48.0. The lowest BCUT2D eigenvalue weighted by atomic mass is 10.0. The van der Waals surface area contributed by atoms with Crippen LogP contribution in [-0.4, -0.2) is 67.7 Å². The van der Waals surface area contributed by atoms with E-state index in [9.17, 15) is 24.3 Å². The SMILES string of the molecule is C[C@H](O)C(=O)CCSC1CC(=O)N(CCC(=O)C(C)(C)O)C1=O. The van der Waals surface area contributed by atoms with Crippen LogP contribution in [0.3, 0.4) is 0 Å². The van der Waals surface area contributed by atoms with Crippen molar-refractivity contribution < 1.29 is 29.4 Å². The number of amides is 2. The van der Waals surface area contributed by atoms with Gasteiger partial charge in [-0.25, -0.2) is 0 Å². The average molecular weight is 345 g/mol. The van der Waals surface area contributed by atoms with Crippen molar-refractivity contribution in [3.05, 3.63) is 0 Å². The van der Waals surface area contributed by atoms with Gasteiger partial charge in [0.2, 0.25) is 11.8 Å². The van der Waals surface area contributed by atoms with E-state index < -0.39 is 22.7 Å². The van der Waals surface area contributed by atoms with Crippen LogP contribution < -0.4 is 0 Å². The molecular weight excluding hydrogens is 322 g/mol. The minimum Gasteiger partial charge on any atom is -0.386 e. The average Bonchev–Trinajstić information content (AvgIpc) is 2.69. The van der Waals surface area contributed by atoms with E-state index in [0.717, 1.165) is 4.90 Å². The van der Waals surface area contributed by atoms with Crippen molar-refractivity contribution in [1.29, 1.82) is 0 Å². The molecule has 1 rings (SSSR count). The minimum atomic E-state index is -1.48. The summed E-state index contributed by atoms with van der Waals surface area (Å²) in [5.41, 5.74) is -1.48. The van der Waals surface area contributed by atoms with Crippen LogP contribution in [0.1, 0.15) is 40.0 Å². The molecule has 0 bridgehead atoms. The molecular formula is C15H23NO6S. The highest BCUT2D eigenvalue weighted by Gasteiger charge is 2.39. The lowest BCUT2D eigenvalue weighted by molar-refractivity contribution is -0.140. The summed E-state index contributed by atoms with van der Waals surface area (Å²) in [7, 11) is 0. The molecule has 0 saturated carbocycles. The maximum absolute atomic E-state index is 12.2. The normalized spacial score (nSPS) is 20.0. The number of carbonyl (C=O) groups excluding carboxylic acids is 4. The predicted octanol–water partition coefficient (Wildman–Crippen LogP) is -0.0828. The maximum Gasteiger partial charge on any atom is 0.242 e. The fraction of sp³-hybridized carbons (Fsp3) is 0.733. The third-order valence-corrected chi connectivity index (χ3v) is 4.79. The van der Waals surface area contributed by atoms with Crippen molar-refractivity contribution in [2.75, 3.05) is 12.3 Å². The first-order chi connectivity index (χ1) is 10.5. The molecule has 0 aromatic rings. The van der Waals surface area contributed by atoms with Crippen LogP contribution in [0, 0.1) is 0 Å². The van der Waals surface area contributed by atoms with Crippen molar-refractivity contribution in [3.63, 3.8) is 0 Å². The van der Waals surface area contributed by atoms with Crippen LogP contribution in [0.25, 0.3) is 0 Å². The molecule has 23 heavy (non-hydrogen) atoms. The molecule has 2 amide bonds. The number of rotatable bonds is 9. The Balaban J connectivity index is 2.47. The third-order valence-electron chi connectivity index (χ3n) is 3.58. The molecule has 1 aliphatic rings. The number of aliphatic hydroxyl groups is 2. The fourth-order valence-corrected chi connectivity index (χ4v) is 3.18. The van der Waals surface area contributed by atoms with Crippen LogP contribution in [0.15, 0.2) is 0 Å². The first-order valence-corrected chi connectivity index (χ1v) is 8.51. The van der Waals surface area contributed by atoms with E-state index in [-0.39, 0.29) is 43.4 Å². The highest BCUT2D eigenvalue weighted by molar-refractivity contribution is 8.00. The summed E-state index contributed by atoms with van der Waals surface area (Å²) in [6, 6.07) is 0. The molecule has 1 unspecified atom stereocenters. The summed E-state index contributed by atoms with van der Waals surface area (Å²) in [5, 5.41) is 18.1. The van der Waals surface area contributed by atoms with Crippen molar-refractivity contribution in [2.45, 2.75) is 57.0 Å². The summed E-state index contributed by atoms with van der Waals surface area (Å²) >= 11 is 1.21. The van der Waals surface area contributed by atoms with Gasteiger partial charge >= 0.3 is 0 Å². The van der Waals surface area contributed by atoms with Crippen LogP contribution in [-0.2, 0) is 19.2 Å². The summed E-state index contributed by atoms with van der Waals surface area (Å²) in [5.74, 6) is -1.10. The number of aliphatic hydroxyl groups excluding tert-OH is 1. The Morgan fingerprint density at radius 1 is 1.35 bits per heavy atom. The van der Waals surface area contributed by atoms with E-state index in [0.29, 0.717) is 5.75 Å². The molecule has 7 nitrogen and oxygen atoms in total. The molecule has 1 heterocycles. The smallest absolute Gasteiger partial charge is 0.242 e. The van der Waals surface area contributed by atoms with E-state index >= 15 is 0 Å². The number of hydrogen-bond donors (Lipinski definition) is 2. The van der Waals surface area contributed by atoms with Crippen LogP contribution in [0.5, 0.6) is 0 Å². The number of thioether (sulfide) groups is 1.